The van der Waals surface area contributed by atoms with E-state index in [1.807, 2.05) is 19.1 Å². The summed E-state index contributed by atoms with van der Waals surface area (Å²) in [6.07, 6.45) is 0. The first-order valence-electron chi connectivity index (χ1n) is 6.26. The zero-order chi connectivity index (χ0) is 13.2. The Morgan fingerprint density at radius 2 is 1.84 bits per heavy atom. The Bertz CT molecular complexity index is 700. The van der Waals surface area contributed by atoms with E-state index < -0.39 is 0 Å². The van der Waals surface area contributed by atoms with Crippen LogP contribution in [0.1, 0.15) is 16.1 Å². The highest BCUT2D eigenvalue weighted by Gasteiger charge is 2.02. The van der Waals surface area contributed by atoms with E-state index in [0.29, 0.717) is 6.61 Å². The quantitative estimate of drug-likeness (QED) is 0.698. The minimum absolute atomic E-state index is 0.592. The minimum Gasteiger partial charge on any atom is -0.489 e. The number of aryl methyl sites for hydroxylation is 2. The smallest absolute Gasteiger partial charge is 0.122 e. The van der Waals surface area contributed by atoms with Gasteiger partial charge in [-0.1, -0.05) is 29.8 Å². The Morgan fingerprint density at radius 3 is 2.63 bits per heavy atom. The van der Waals surface area contributed by atoms with E-state index in [4.69, 9.17) is 4.74 Å². The summed E-state index contributed by atoms with van der Waals surface area (Å²) in [6, 6.07) is 14.5. The number of hydrogen-bond acceptors (Lipinski definition) is 3. The second kappa shape index (κ2) is 5.02. The SMILES string of the molecule is Cc1ccc(COc2ccc3sc(C)nc3c2)cc1. The van der Waals surface area contributed by atoms with E-state index in [9.17, 15) is 0 Å². The van der Waals surface area contributed by atoms with Gasteiger partial charge in [0.1, 0.15) is 12.4 Å². The summed E-state index contributed by atoms with van der Waals surface area (Å²) in [5.74, 6) is 0.873. The fourth-order valence-electron chi connectivity index (χ4n) is 1.96. The van der Waals surface area contributed by atoms with E-state index in [-0.39, 0.29) is 0 Å². The number of ether oxygens (including phenoxy) is 1. The van der Waals surface area contributed by atoms with Gasteiger partial charge in [-0.2, -0.15) is 0 Å². The summed E-state index contributed by atoms with van der Waals surface area (Å²) in [7, 11) is 0. The maximum absolute atomic E-state index is 5.81. The molecule has 0 saturated carbocycles. The molecule has 0 aliphatic heterocycles. The maximum atomic E-state index is 5.81. The fraction of sp³-hybridized carbons (Fsp3) is 0.188. The maximum Gasteiger partial charge on any atom is 0.122 e. The average Bonchev–Trinajstić information content (AvgIpc) is 2.77. The van der Waals surface area contributed by atoms with Gasteiger partial charge in [-0.25, -0.2) is 4.98 Å². The highest BCUT2D eigenvalue weighted by molar-refractivity contribution is 7.18. The monoisotopic (exact) mass is 269 g/mol. The first-order chi connectivity index (χ1) is 9.20. The third-order valence-corrected chi connectivity index (χ3v) is 3.94. The van der Waals surface area contributed by atoms with Crippen molar-refractivity contribution in [3.05, 3.63) is 58.6 Å². The van der Waals surface area contributed by atoms with Crippen LogP contribution in [-0.4, -0.2) is 4.98 Å². The van der Waals surface area contributed by atoms with Crippen LogP contribution in [0, 0.1) is 13.8 Å². The molecule has 3 aromatic rings. The van der Waals surface area contributed by atoms with Crippen LogP contribution >= 0.6 is 11.3 Å². The van der Waals surface area contributed by atoms with Crippen LogP contribution in [0.15, 0.2) is 42.5 Å². The highest BCUT2D eigenvalue weighted by Crippen LogP contribution is 2.25. The Morgan fingerprint density at radius 1 is 1.05 bits per heavy atom. The van der Waals surface area contributed by atoms with Gasteiger partial charge in [-0.15, -0.1) is 11.3 Å². The number of aromatic nitrogens is 1. The molecule has 0 aliphatic rings. The van der Waals surface area contributed by atoms with Crippen LogP contribution < -0.4 is 4.74 Å². The van der Waals surface area contributed by atoms with Crippen molar-refractivity contribution in [1.29, 1.82) is 0 Å². The van der Waals surface area contributed by atoms with Crippen LogP contribution in [0.4, 0.5) is 0 Å². The molecule has 0 unspecified atom stereocenters. The van der Waals surface area contributed by atoms with Crippen molar-refractivity contribution in [2.45, 2.75) is 20.5 Å². The van der Waals surface area contributed by atoms with Gasteiger partial charge >= 0.3 is 0 Å². The molecule has 1 aromatic heterocycles. The molecule has 0 fully saturated rings. The molecule has 3 heteroatoms. The van der Waals surface area contributed by atoms with Crippen LogP contribution in [0.25, 0.3) is 10.2 Å². The largest absolute Gasteiger partial charge is 0.489 e. The molecule has 3 rings (SSSR count). The Balaban J connectivity index is 1.75. The van der Waals surface area contributed by atoms with Crippen LogP contribution in [0.5, 0.6) is 5.75 Å². The van der Waals surface area contributed by atoms with Crippen molar-refractivity contribution in [2.75, 3.05) is 0 Å². The van der Waals surface area contributed by atoms with Gasteiger partial charge in [0.2, 0.25) is 0 Å². The van der Waals surface area contributed by atoms with Crippen LogP contribution in [-0.2, 0) is 6.61 Å². The third-order valence-electron chi connectivity index (χ3n) is 2.99. The van der Waals surface area contributed by atoms with Gasteiger partial charge < -0.3 is 4.74 Å². The van der Waals surface area contributed by atoms with Crippen molar-refractivity contribution in [3.63, 3.8) is 0 Å². The minimum atomic E-state index is 0.592. The van der Waals surface area contributed by atoms with Crippen LogP contribution in [0.3, 0.4) is 0 Å². The fourth-order valence-corrected chi connectivity index (χ4v) is 2.77. The molecule has 2 aromatic carbocycles. The Kier molecular flexibility index (Phi) is 3.22. The third kappa shape index (κ3) is 2.76. The van der Waals surface area contributed by atoms with Crippen molar-refractivity contribution in [1.82, 2.24) is 4.98 Å². The molecule has 1 heterocycles. The van der Waals surface area contributed by atoms with Gasteiger partial charge in [0.05, 0.1) is 15.2 Å². The summed E-state index contributed by atoms with van der Waals surface area (Å²) in [5, 5.41) is 1.09. The number of thiazole rings is 1. The lowest BCUT2D eigenvalue weighted by molar-refractivity contribution is 0.306. The zero-order valence-corrected chi connectivity index (χ0v) is 11.8. The second-order valence-electron chi connectivity index (χ2n) is 4.64. The Hall–Kier alpha value is -1.87. The zero-order valence-electron chi connectivity index (χ0n) is 11.0. The molecule has 0 radical (unpaired) electrons. The molecular formula is C16H15NOS. The van der Waals surface area contributed by atoms with Gasteiger partial charge in [0, 0.05) is 6.07 Å². The number of rotatable bonds is 3. The molecule has 0 amide bonds. The van der Waals surface area contributed by atoms with Gasteiger partial charge in [-0.3, -0.25) is 0 Å². The summed E-state index contributed by atoms with van der Waals surface area (Å²) in [6.45, 7) is 4.70. The van der Waals surface area contributed by atoms with E-state index in [2.05, 4.69) is 42.2 Å². The molecular weight excluding hydrogens is 254 g/mol. The highest BCUT2D eigenvalue weighted by atomic mass is 32.1. The van der Waals surface area contributed by atoms with E-state index in [0.717, 1.165) is 16.3 Å². The van der Waals surface area contributed by atoms with E-state index >= 15 is 0 Å². The number of benzene rings is 2. The Labute approximate surface area is 116 Å². The molecule has 0 spiro atoms. The lowest BCUT2D eigenvalue weighted by Gasteiger charge is -2.06. The first-order valence-corrected chi connectivity index (χ1v) is 7.08. The topological polar surface area (TPSA) is 22.1 Å². The molecule has 0 bridgehead atoms. The molecule has 19 heavy (non-hydrogen) atoms. The molecule has 0 saturated heterocycles. The molecule has 0 aliphatic carbocycles. The van der Waals surface area contributed by atoms with Gasteiger partial charge in [0.25, 0.3) is 0 Å². The first kappa shape index (κ1) is 12.2. The van der Waals surface area contributed by atoms with Gasteiger partial charge in [0.15, 0.2) is 0 Å². The predicted molar refractivity (Wildman–Crippen MR) is 79.9 cm³/mol. The van der Waals surface area contributed by atoms with Crippen molar-refractivity contribution in [2.24, 2.45) is 0 Å². The molecule has 0 atom stereocenters. The van der Waals surface area contributed by atoms with Gasteiger partial charge in [-0.05, 0) is 31.5 Å². The summed E-state index contributed by atoms with van der Waals surface area (Å²) in [5.41, 5.74) is 3.46. The number of nitrogens with zero attached hydrogens (tertiary/aromatic N) is 1. The number of hydrogen-bond donors (Lipinski definition) is 0. The summed E-state index contributed by atoms with van der Waals surface area (Å²) < 4.78 is 7.02. The molecule has 96 valence electrons. The molecule has 2 nitrogen and oxygen atoms in total. The average molecular weight is 269 g/mol. The van der Waals surface area contributed by atoms with E-state index in [1.165, 1.54) is 15.8 Å². The van der Waals surface area contributed by atoms with E-state index in [1.54, 1.807) is 11.3 Å². The van der Waals surface area contributed by atoms with Crippen LogP contribution in [0.2, 0.25) is 0 Å². The predicted octanol–water partition coefficient (Wildman–Crippen LogP) is 4.49. The van der Waals surface area contributed by atoms with Crippen molar-refractivity contribution < 1.29 is 4.74 Å². The lowest BCUT2D eigenvalue weighted by atomic mass is 10.2. The lowest BCUT2D eigenvalue weighted by Crippen LogP contribution is -1.95. The normalized spacial score (nSPS) is 10.8. The van der Waals surface area contributed by atoms with Crippen molar-refractivity contribution >= 4 is 21.6 Å². The molecule has 0 N–H and O–H groups in total. The summed E-state index contributed by atoms with van der Waals surface area (Å²) in [4.78, 5) is 4.48. The summed E-state index contributed by atoms with van der Waals surface area (Å²) >= 11 is 1.71. The standard InChI is InChI=1S/C16H15NOS/c1-11-3-5-13(6-4-11)10-18-14-7-8-16-15(9-14)17-12(2)19-16/h3-9H,10H2,1-2H3. The second-order valence-corrected chi connectivity index (χ2v) is 5.87. The number of fused-ring (bicyclic) bond motifs is 1. The van der Waals surface area contributed by atoms with Crippen molar-refractivity contribution in [3.8, 4) is 5.75 Å².